The Labute approximate surface area is 112 Å². The quantitative estimate of drug-likeness (QED) is 0.793. The van der Waals surface area contributed by atoms with Crippen LogP contribution in [0.5, 0.6) is 0 Å². The summed E-state index contributed by atoms with van der Waals surface area (Å²) in [5, 5.41) is 5.21. The number of nitrogens with zero attached hydrogens (tertiary/aromatic N) is 4. The zero-order valence-electron chi connectivity index (χ0n) is 11.2. The van der Waals surface area contributed by atoms with Gasteiger partial charge in [0.1, 0.15) is 5.82 Å². The molecule has 0 atom stereocenters. The lowest BCUT2D eigenvalue weighted by atomic mass is 10.2. The fourth-order valence-electron chi connectivity index (χ4n) is 1.83. The van der Waals surface area contributed by atoms with Crippen molar-refractivity contribution in [3.8, 4) is 0 Å². The van der Waals surface area contributed by atoms with Gasteiger partial charge in [-0.2, -0.15) is 5.10 Å². The summed E-state index contributed by atoms with van der Waals surface area (Å²) in [7, 11) is 6.06. The van der Waals surface area contributed by atoms with Crippen molar-refractivity contribution in [1.29, 1.82) is 0 Å². The van der Waals surface area contributed by atoms with Gasteiger partial charge in [-0.15, -0.1) is 0 Å². The van der Waals surface area contributed by atoms with Crippen molar-refractivity contribution in [2.75, 3.05) is 19.0 Å². The van der Waals surface area contributed by atoms with Gasteiger partial charge in [-0.05, 0) is 18.6 Å². The number of thioether (sulfide) groups is 1. The Balaban J connectivity index is 2.13. The molecular weight excluding hydrogens is 244 g/mol. The maximum Gasteiger partial charge on any atom is 0.186 e. The van der Waals surface area contributed by atoms with Crippen LogP contribution in [0.3, 0.4) is 0 Å². The van der Waals surface area contributed by atoms with E-state index in [1.165, 1.54) is 11.3 Å². The number of anilines is 1. The highest BCUT2D eigenvalue weighted by atomic mass is 32.2. The Kier molecular flexibility index (Phi) is 3.91. The Morgan fingerprint density at radius 1 is 1.28 bits per heavy atom. The van der Waals surface area contributed by atoms with E-state index in [2.05, 4.69) is 53.3 Å². The Morgan fingerprint density at radius 2 is 2.00 bits per heavy atom. The van der Waals surface area contributed by atoms with Crippen LogP contribution in [0.2, 0.25) is 0 Å². The highest BCUT2D eigenvalue weighted by molar-refractivity contribution is 7.98. The molecule has 18 heavy (non-hydrogen) atoms. The second kappa shape index (κ2) is 5.44. The number of para-hydroxylation sites is 1. The number of aromatic nitrogens is 3. The molecule has 0 unspecified atom stereocenters. The standard InChI is InChI=1S/C13H18N4S/c1-10-14-13(17(4)15-10)18-9-11-7-5-6-8-12(11)16(2)3/h5-8H,9H2,1-4H3. The minimum Gasteiger partial charge on any atom is -0.377 e. The molecule has 2 rings (SSSR count). The van der Waals surface area contributed by atoms with Gasteiger partial charge in [-0.1, -0.05) is 30.0 Å². The molecule has 0 radical (unpaired) electrons. The number of aryl methyl sites for hydroxylation is 2. The van der Waals surface area contributed by atoms with E-state index in [9.17, 15) is 0 Å². The molecule has 0 fully saturated rings. The predicted octanol–water partition coefficient (Wildman–Crippen LogP) is 2.48. The monoisotopic (exact) mass is 262 g/mol. The van der Waals surface area contributed by atoms with Crippen LogP contribution in [-0.4, -0.2) is 28.9 Å². The van der Waals surface area contributed by atoms with Crippen LogP contribution in [-0.2, 0) is 12.8 Å². The molecule has 2 aromatic rings. The number of hydrogen-bond acceptors (Lipinski definition) is 4. The Bertz CT molecular complexity index is 534. The maximum atomic E-state index is 4.40. The van der Waals surface area contributed by atoms with Gasteiger partial charge in [0.15, 0.2) is 5.16 Å². The van der Waals surface area contributed by atoms with Gasteiger partial charge in [0.2, 0.25) is 0 Å². The van der Waals surface area contributed by atoms with Crippen molar-refractivity contribution in [3.63, 3.8) is 0 Å². The predicted molar refractivity (Wildman–Crippen MR) is 76.1 cm³/mol. The van der Waals surface area contributed by atoms with Crippen LogP contribution in [0, 0.1) is 6.92 Å². The molecule has 1 heterocycles. The first-order valence-electron chi connectivity index (χ1n) is 5.83. The van der Waals surface area contributed by atoms with E-state index in [1.54, 1.807) is 11.8 Å². The molecule has 0 aliphatic heterocycles. The molecule has 0 spiro atoms. The van der Waals surface area contributed by atoms with E-state index in [0.717, 1.165) is 16.7 Å². The SMILES string of the molecule is Cc1nc(SCc2ccccc2N(C)C)n(C)n1. The average molecular weight is 262 g/mol. The molecule has 0 saturated heterocycles. The largest absolute Gasteiger partial charge is 0.377 e. The molecular formula is C13H18N4S. The van der Waals surface area contributed by atoms with E-state index >= 15 is 0 Å². The summed E-state index contributed by atoms with van der Waals surface area (Å²) in [5.41, 5.74) is 2.57. The summed E-state index contributed by atoms with van der Waals surface area (Å²) in [4.78, 5) is 6.54. The Morgan fingerprint density at radius 3 is 2.61 bits per heavy atom. The maximum absolute atomic E-state index is 4.40. The van der Waals surface area contributed by atoms with Crippen LogP contribution in [0.1, 0.15) is 11.4 Å². The van der Waals surface area contributed by atoms with E-state index in [1.807, 2.05) is 18.7 Å². The number of rotatable bonds is 4. The summed E-state index contributed by atoms with van der Waals surface area (Å²) in [6.45, 7) is 1.91. The summed E-state index contributed by atoms with van der Waals surface area (Å²) in [5.74, 6) is 1.72. The van der Waals surface area contributed by atoms with E-state index in [4.69, 9.17) is 0 Å². The minimum absolute atomic E-state index is 0.820. The zero-order valence-corrected chi connectivity index (χ0v) is 12.0. The molecule has 1 aromatic carbocycles. The van der Waals surface area contributed by atoms with Gasteiger partial charge in [0.25, 0.3) is 0 Å². The van der Waals surface area contributed by atoms with Crippen molar-refractivity contribution in [2.24, 2.45) is 7.05 Å². The third-order valence-corrected chi connectivity index (χ3v) is 3.73. The third kappa shape index (κ3) is 2.85. The van der Waals surface area contributed by atoms with Gasteiger partial charge in [-0.25, -0.2) is 9.67 Å². The smallest absolute Gasteiger partial charge is 0.186 e. The second-order valence-corrected chi connectivity index (χ2v) is 5.32. The first-order valence-corrected chi connectivity index (χ1v) is 6.82. The van der Waals surface area contributed by atoms with Crippen molar-refractivity contribution in [1.82, 2.24) is 14.8 Å². The fourth-order valence-corrected chi connectivity index (χ4v) is 2.78. The van der Waals surface area contributed by atoms with Crippen LogP contribution in [0.15, 0.2) is 29.4 Å². The van der Waals surface area contributed by atoms with Gasteiger partial charge >= 0.3 is 0 Å². The highest BCUT2D eigenvalue weighted by Crippen LogP contribution is 2.26. The normalized spacial score (nSPS) is 10.7. The minimum atomic E-state index is 0.820. The molecule has 0 amide bonds. The summed E-state index contributed by atoms with van der Waals surface area (Å²) in [6, 6.07) is 8.43. The van der Waals surface area contributed by atoms with Crippen LogP contribution in [0.25, 0.3) is 0 Å². The van der Waals surface area contributed by atoms with Gasteiger partial charge in [0, 0.05) is 32.6 Å². The average Bonchev–Trinajstić information content (AvgIpc) is 2.65. The lowest BCUT2D eigenvalue weighted by Gasteiger charge is -2.16. The van der Waals surface area contributed by atoms with E-state index in [-0.39, 0.29) is 0 Å². The molecule has 5 heteroatoms. The van der Waals surface area contributed by atoms with Gasteiger partial charge in [-0.3, -0.25) is 0 Å². The molecule has 0 N–H and O–H groups in total. The Hall–Kier alpha value is -1.49. The van der Waals surface area contributed by atoms with Crippen molar-refractivity contribution >= 4 is 17.4 Å². The van der Waals surface area contributed by atoms with Crippen LogP contribution in [0.4, 0.5) is 5.69 Å². The van der Waals surface area contributed by atoms with Crippen molar-refractivity contribution in [2.45, 2.75) is 17.8 Å². The molecule has 0 bridgehead atoms. The molecule has 1 aromatic heterocycles. The van der Waals surface area contributed by atoms with Crippen molar-refractivity contribution in [3.05, 3.63) is 35.7 Å². The van der Waals surface area contributed by atoms with E-state index < -0.39 is 0 Å². The highest BCUT2D eigenvalue weighted by Gasteiger charge is 2.08. The summed E-state index contributed by atoms with van der Waals surface area (Å²) >= 11 is 1.72. The second-order valence-electron chi connectivity index (χ2n) is 4.38. The zero-order chi connectivity index (χ0) is 13.1. The first-order chi connectivity index (χ1) is 8.58. The lowest BCUT2D eigenvalue weighted by molar-refractivity contribution is 0.682. The van der Waals surface area contributed by atoms with Crippen molar-refractivity contribution < 1.29 is 0 Å². The van der Waals surface area contributed by atoms with Crippen LogP contribution >= 0.6 is 11.8 Å². The molecule has 96 valence electrons. The number of hydrogen-bond donors (Lipinski definition) is 0. The molecule has 0 saturated carbocycles. The third-order valence-electron chi connectivity index (χ3n) is 2.66. The summed E-state index contributed by atoms with van der Waals surface area (Å²) in [6.07, 6.45) is 0. The topological polar surface area (TPSA) is 34.0 Å². The molecule has 4 nitrogen and oxygen atoms in total. The lowest BCUT2D eigenvalue weighted by Crippen LogP contribution is -2.10. The van der Waals surface area contributed by atoms with Gasteiger partial charge in [0.05, 0.1) is 0 Å². The number of benzene rings is 1. The fraction of sp³-hybridized carbons (Fsp3) is 0.385. The molecule has 0 aliphatic rings. The van der Waals surface area contributed by atoms with Crippen LogP contribution < -0.4 is 4.90 Å². The molecule has 0 aliphatic carbocycles. The van der Waals surface area contributed by atoms with Gasteiger partial charge < -0.3 is 4.90 Å². The summed E-state index contributed by atoms with van der Waals surface area (Å²) < 4.78 is 1.83. The first kappa shape index (κ1) is 13.0. The van der Waals surface area contributed by atoms with E-state index in [0.29, 0.717) is 0 Å².